The summed E-state index contributed by atoms with van der Waals surface area (Å²) < 4.78 is 0. The van der Waals surface area contributed by atoms with E-state index >= 15 is 0 Å². The Morgan fingerprint density at radius 2 is 2.00 bits per heavy atom. The van der Waals surface area contributed by atoms with Crippen LogP contribution in [0.5, 0.6) is 0 Å². The number of carboxylic acid groups (broad SMARTS) is 1. The molecule has 1 aromatic rings. The second kappa shape index (κ2) is 7.48. The molecule has 102 valence electrons. The number of rotatable bonds is 8. The zero-order valence-electron chi connectivity index (χ0n) is 11.1. The number of carbonyl (C=O) groups excluding carboxylic acids is 1. The summed E-state index contributed by atoms with van der Waals surface area (Å²) >= 11 is 0. The Morgan fingerprint density at radius 3 is 2.53 bits per heavy atom. The number of hydrogen-bond donors (Lipinski definition) is 1. The van der Waals surface area contributed by atoms with Crippen molar-refractivity contribution < 1.29 is 14.7 Å². The van der Waals surface area contributed by atoms with E-state index in [0.29, 0.717) is 18.7 Å². The zero-order valence-corrected chi connectivity index (χ0v) is 11.1. The van der Waals surface area contributed by atoms with E-state index in [1.54, 1.807) is 30.0 Å². The van der Waals surface area contributed by atoms with Crippen LogP contribution in [0.4, 0.5) is 0 Å². The lowest BCUT2D eigenvalue weighted by atomic mass is 10.1. The predicted molar refractivity (Wildman–Crippen MR) is 74.2 cm³/mol. The Bertz CT molecular complexity index is 442. The zero-order chi connectivity index (χ0) is 14.3. The van der Waals surface area contributed by atoms with Gasteiger partial charge in [0.2, 0.25) is 0 Å². The van der Waals surface area contributed by atoms with E-state index in [4.69, 9.17) is 5.11 Å². The number of hydrogen-bond acceptors (Lipinski definition) is 3. The molecule has 0 fully saturated rings. The first-order chi connectivity index (χ1) is 9.04. The first-order valence-corrected chi connectivity index (χ1v) is 6.19. The first-order valence-electron chi connectivity index (χ1n) is 6.19. The van der Waals surface area contributed by atoms with Crippen molar-refractivity contribution in [1.29, 1.82) is 0 Å². The van der Waals surface area contributed by atoms with Crippen molar-refractivity contribution >= 4 is 11.8 Å². The summed E-state index contributed by atoms with van der Waals surface area (Å²) in [5.74, 6) is -1.38. The predicted octanol–water partition coefficient (Wildman–Crippen LogP) is 2.08. The van der Waals surface area contributed by atoms with Gasteiger partial charge in [0.25, 0.3) is 0 Å². The van der Waals surface area contributed by atoms with E-state index in [1.165, 1.54) is 0 Å². The molecule has 0 radical (unpaired) electrons. The minimum absolute atomic E-state index is 0.0139. The molecule has 0 aliphatic carbocycles. The molecule has 0 spiro atoms. The molecule has 4 heteroatoms. The van der Waals surface area contributed by atoms with Crippen LogP contribution in [0.2, 0.25) is 0 Å². The smallest absolute Gasteiger partial charge is 0.307 e. The van der Waals surface area contributed by atoms with Gasteiger partial charge < -0.3 is 5.11 Å². The average molecular weight is 261 g/mol. The van der Waals surface area contributed by atoms with Crippen molar-refractivity contribution in [3.63, 3.8) is 0 Å². The van der Waals surface area contributed by atoms with Crippen LogP contribution in [0.1, 0.15) is 17.3 Å². The molecular weight excluding hydrogens is 242 g/mol. The van der Waals surface area contributed by atoms with Crippen molar-refractivity contribution in [2.75, 3.05) is 19.6 Å². The van der Waals surface area contributed by atoms with Crippen molar-refractivity contribution in [2.45, 2.75) is 6.92 Å². The van der Waals surface area contributed by atoms with Crippen LogP contribution < -0.4 is 0 Å². The molecule has 1 rings (SSSR count). The van der Waals surface area contributed by atoms with Crippen LogP contribution in [-0.2, 0) is 4.79 Å². The number of Topliss-reactive ketones (excluding diaryl/α,β-unsaturated/α-hetero) is 1. The molecule has 19 heavy (non-hydrogen) atoms. The van der Waals surface area contributed by atoms with Crippen LogP contribution in [-0.4, -0.2) is 41.4 Å². The topological polar surface area (TPSA) is 57.6 Å². The summed E-state index contributed by atoms with van der Waals surface area (Å²) in [7, 11) is 0. The lowest BCUT2D eigenvalue weighted by Crippen LogP contribution is -2.36. The second-order valence-corrected chi connectivity index (χ2v) is 4.51. The van der Waals surface area contributed by atoms with Gasteiger partial charge in [-0.25, -0.2) is 0 Å². The number of carbonyl (C=O) groups is 2. The standard InChI is InChI=1S/C15H19NO3/c1-3-9-16(10-12(2)15(18)19)11-14(17)13-7-5-4-6-8-13/h3-8,12H,1,9-11H2,2H3,(H,18,19). The minimum atomic E-state index is -0.860. The van der Waals surface area contributed by atoms with E-state index in [9.17, 15) is 9.59 Å². The van der Waals surface area contributed by atoms with Crippen LogP contribution in [0, 0.1) is 5.92 Å². The number of carboxylic acids is 1. The molecule has 0 saturated heterocycles. The van der Waals surface area contributed by atoms with Crippen LogP contribution in [0.15, 0.2) is 43.0 Å². The summed E-state index contributed by atoms with van der Waals surface area (Å²) in [5, 5.41) is 8.91. The van der Waals surface area contributed by atoms with Gasteiger partial charge in [0.15, 0.2) is 5.78 Å². The monoisotopic (exact) mass is 261 g/mol. The largest absolute Gasteiger partial charge is 0.481 e. The minimum Gasteiger partial charge on any atom is -0.481 e. The molecule has 0 heterocycles. The maximum absolute atomic E-state index is 12.1. The van der Waals surface area contributed by atoms with Gasteiger partial charge in [-0.3, -0.25) is 14.5 Å². The van der Waals surface area contributed by atoms with E-state index in [2.05, 4.69) is 6.58 Å². The summed E-state index contributed by atoms with van der Waals surface area (Å²) in [6.45, 7) is 6.29. The third-order valence-corrected chi connectivity index (χ3v) is 2.80. The highest BCUT2D eigenvalue weighted by molar-refractivity contribution is 5.97. The number of benzene rings is 1. The number of nitrogens with zero attached hydrogens (tertiary/aromatic N) is 1. The van der Waals surface area contributed by atoms with E-state index in [1.807, 2.05) is 18.2 Å². The number of aliphatic carboxylic acids is 1. The second-order valence-electron chi connectivity index (χ2n) is 4.51. The highest BCUT2D eigenvalue weighted by atomic mass is 16.4. The molecule has 1 N–H and O–H groups in total. The fourth-order valence-corrected chi connectivity index (χ4v) is 1.77. The van der Waals surface area contributed by atoms with Gasteiger partial charge in [0, 0.05) is 18.7 Å². The maximum atomic E-state index is 12.1. The van der Waals surface area contributed by atoms with Gasteiger partial charge in [0.1, 0.15) is 0 Å². The molecule has 4 nitrogen and oxygen atoms in total. The first kappa shape index (κ1) is 15.1. The van der Waals surface area contributed by atoms with Crippen LogP contribution >= 0.6 is 0 Å². The van der Waals surface area contributed by atoms with Crippen LogP contribution in [0.3, 0.4) is 0 Å². The maximum Gasteiger partial charge on any atom is 0.307 e. The molecule has 1 atom stereocenters. The van der Waals surface area contributed by atoms with Crippen molar-refractivity contribution in [1.82, 2.24) is 4.90 Å². The average Bonchev–Trinajstić information content (AvgIpc) is 2.39. The molecule has 0 amide bonds. The third-order valence-electron chi connectivity index (χ3n) is 2.80. The van der Waals surface area contributed by atoms with Gasteiger partial charge in [-0.15, -0.1) is 6.58 Å². The SMILES string of the molecule is C=CCN(CC(=O)c1ccccc1)CC(C)C(=O)O. The Hall–Kier alpha value is -1.94. The van der Waals surface area contributed by atoms with E-state index < -0.39 is 11.9 Å². The molecule has 0 bridgehead atoms. The highest BCUT2D eigenvalue weighted by Gasteiger charge is 2.18. The Labute approximate surface area is 113 Å². The Kier molecular flexibility index (Phi) is 5.96. The lowest BCUT2D eigenvalue weighted by molar-refractivity contribution is -0.141. The van der Waals surface area contributed by atoms with Gasteiger partial charge in [-0.05, 0) is 0 Å². The fraction of sp³-hybridized carbons (Fsp3) is 0.333. The molecule has 1 aromatic carbocycles. The molecule has 0 aromatic heterocycles. The van der Waals surface area contributed by atoms with Gasteiger partial charge >= 0.3 is 5.97 Å². The summed E-state index contributed by atoms with van der Waals surface area (Å²) in [6.07, 6.45) is 1.67. The van der Waals surface area contributed by atoms with Crippen molar-refractivity contribution in [3.8, 4) is 0 Å². The van der Waals surface area contributed by atoms with Crippen molar-refractivity contribution in [2.24, 2.45) is 5.92 Å². The normalized spacial score (nSPS) is 12.1. The highest BCUT2D eigenvalue weighted by Crippen LogP contribution is 2.05. The molecule has 0 aliphatic heterocycles. The lowest BCUT2D eigenvalue weighted by Gasteiger charge is -2.21. The van der Waals surface area contributed by atoms with Gasteiger partial charge in [-0.1, -0.05) is 43.3 Å². The van der Waals surface area contributed by atoms with Gasteiger partial charge in [-0.2, -0.15) is 0 Å². The van der Waals surface area contributed by atoms with E-state index in [0.717, 1.165) is 0 Å². The quantitative estimate of drug-likeness (QED) is 0.575. The molecular formula is C15H19NO3. The van der Waals surface area contributed by atoms with Crippen LogP contribution in [0.25, 0.3) is 0 Å². The summed E-state index contributed by atoms with van der Waals surface area (Å²) in [5.41, 5.74) is 0.638. The Morgan fingerprint density at radius 1 is 1.37 bits per heavy atom. The summed E-state index contributed by atoms with van der Waals surface area (Å²) in [6, 6.07) is 8.99. The molecule has 0 saturated carbocycles. The Balaban J connectivity index is 2.65. The summed E-state index contributed by atoms with van der Waals surface area (Å²) in [4.78, 5) is 24.7. The molecule has 1 unspecified atom stereocenters. The van der Waals surface area contributed by atoms with Gasteiger partial charge in [0.05, 0.1) is 12.5 Å². The van der Waals surface area contributed by atoms with E-state index in [-0.39, 0.29) is 12.3 Å². The van der Waals surface area contributed by atoms with Crippen molar-refractivity contribution in [3.05, 3.63) is 48.6 Å². The third kappa shape index (κ3) is 5.06. The molecule has 0 aliphatic rings. The fourth-order valence-electron chi connectivity index (χ4n) is 1.77. The number of ketones is 1.